The first-order chi connectivity index (χ1) is 14.5. The Labute approximate surface area is 179 Å². The lowest BCUT2D eigenvalue weighted by Crippen LogP contribution is -2.23. The number of ether oxygens (including phenoxy) is 2. The van der Waals surface area contributed by atoms with Gasteiger partial charge in [0.1, 0.15) is 4.90 Å². The second-order valence-electron chi connectivity index (χ2n) is 6.80. The van der Waals surface area contributed by atoms with Gasteiger partial charge in [-0.05, 0) is 36.8 Å². The van der Waals surface area contributed by atoms with Crippen LogP contribution >= 0.6 is 11.3 Å². The SMILES string of the molecule is CCOc1cc([C@@H]2CC(=O)Nc3c(S(=O)(=O)c4ccccc4)csc32)ccc1OC. The molecule has 1 atom stereocenters. The molecule has 30 heavy (non-hydrogen) atoms. The average Bonchev–Trinajstić information content (AvgIpc) is 3.18. The molecule has 1 aromatic heterocycles. The van der Waals surface area contributed by atoms with E-state index in [1.54, 1.807) is 42.8 Å². The molecule has 2 heterocycles. The zero-order chi connectivity index (χ0) is 21.3. The summed E-state index contributed by atoms with van der Waals surface area (Å²) in [7, 11) is -2.17. The fraction of sp³-hybridized carbons (Fsp3) is 0.227. The van der Waals surface area contributed by atoms with Crippen molar-refractivity contribution in [2.24, 2.45) is 0 Å². The number of rotatable bonds is 6. The van der Waals surface area contributed by atoms with Crippen LogP contribution in [0.5, 0.6) is 11.5 Å². The summed E-state index contributed by atoms with van der Waals surface area (Å²) in [5, 5.41) is 4.39. The topological polar surface area (TPSA) is 81.7 Å². The number of carbonyl (C=O) groups excluding carboxylic acids is 1. The summed E-state index contributed by atoms with van der Waals surface area (Å²) in [6.45, 7) is 2.37. The lowest BCUT2D eigenvalue weighted by Gasteiger charge is -2.24. The van der Waals surface area contributed by atoms with Gasteiger partial charge in [-0.15, -0.1) is 11.3 Å². The van der Waals surface area contributed by atoms with Crippen LogP contribution in [-0.2, 0) is 14.6 Å². The predicted molar refractivity (Wildman–Crippen MR) is 115 cm³/mol. The minimum atomic E-state index is -3.74. The van der Waals surface area contributed by atoms with Crippen molar-refractivity contribution in [3.63, 3.8) is 0 Å². The fourth-order valence-electron chi connectivity index (χ4n) is 3.58. The summed E-state index contributed by atoms with van der Waals surface area (Å²) in [6, 6.07) is 13.8. The van der Waals surface area contributed by atoms with Gasteiger partial charge >= 0.3 is 0 Å². The molecular formula is C22H21NO5S2. The van der Waals surface area contributed by atoms with Crippen molar-refractivity contribution in [1.29, 1.82) is 0 Å². The average molecular weight is 444 g/mol. The van der Waals surface area contributed by atoms with Crippen LogP contribution in [0.25, 0.3) is 0 Å². The number of methoxy groups -OCH3 is 1. The third kappa shape index (κ3) is 3.57. The molecule has 0 saturated carbocycles. The van der Waals surface area contributed by atoms with E-state index in [1.165, 1.54) is 11.3 Å². The molecule has 0 radical (unpaired) electrons. The first-order valence-electron chi connectivity index (χ1n) is 9.47. The molecule has 4 rings (SSSR count). The van der Waals surface area contributed by atoms with Gasteiger partial charge in [0.2, 0.25) is 15.7 Å². The third-order valence-corrected chi connectivity index (χ3v) is 8.03. The smallest absolute Gasteiger partial charge is 0.225 e. The molecule has 156 valence electrons. The van der Waals surface area contributed by atoms with Gasteiger partial charge in [0.25, 0.3) is 0 Å². The van der Waals surface area contributed by atoms with E-state index in [-0.39, 0.29) is 28.0 Å². The Bertz CT molecular complexity index is 1190. The molecule has 0 fully saturated rings. The number of nitrogens with one attached hydrogen (secondary N) is 1. The summed E-state index contributed by atoms with van der Waals surface area (Å²) in [6.07, 6.45) is 0.232. The number of benzene rings is 2. The van der Waals surface area contributed by atoms with Crippen LogP contribution in [0.3, 0.4) is 0 Å². The number of hydrogen-bond donors (Lipinski definition) is 1. The first kappa shape index (κ1) is 20.4. The Hall–Kier alpha value is -2.84. The standard InChI is InChI=1S/C22H21NO5S2/c1-3-28-18-11-14(9-10-17(18)27-2)16-12-20(24)23-21-19(13-29-22(16)21)30(25,26)15-7-5-4-6-8-15/h4-11,13,16H,3,12H2,1-2H3,(H,23,24)/t16-/m0/s1. The molecule has 1 aliphatic rings. The van der Waals surface area contributed by atoms with Gasteiger partial charge in [-0.3, -0.25) is 4.79 Å². The molecule has 1 aliphatic heterocycles. The molecule has 0 bridgehead atoms. The largest absolute Gasteiger partial charge is 0.493 e. The summed E-state index contributed by atoms with van der Waals surface area (Å²) < 4.78 is 37.3. The van der Waals surface area contributed by atoms with E-state index in [0.717, 1.165) is 10.4 Å². The molecule has 1 N–H and O–H groups in total. The quantitative estimate of drug-likeness (QED) is 0.608. The third-order valence-electron chi connectivity index (χ3n) is 4.99. The summed E-state index contributed by atoms with van der Waals surface area (Å²) >= 11 is 1.34. The highest BCUT2D eigenvalue weighted by molar-refractivity contribution is 7.91. The van der Waals surface area contributed by atoms with Crippen LogP contribution in [-0.4, -0.2) is 28.0 Å². The number of thiophene rings is 1. The van der Waals surface area contributed by atoms with Crippen molar-refractivity contribution >= 4 is 32.8 Å². The van der Waals surface area contributed by atoms with Crippen LogP contribution in [0.4, 0.5) is 5.69 Å². The highest BCUT2D eigenvalue weighted by atomic mass is 32.2. The van der Waals surface area contributed by atoms with Crippen molar-refractivity contribution in [3.8, 4) is 11.5 Å². The van der Waals surface area contributed by atoms with Crippen LogP contribution in [0, 0.1) is 0 Å². The Balaban J connectivity index is 1.80. The highest BCUT2D eigenvalue weighted by Crippen LogP contribution is 2.46. The van der Waals surface area contributed by atoms with Gasteiger partial charge in [0, 0.05) is 22.6 Å². The summed E-state index contributed by atoms with van der Waals surface area (Å²) in [4.78, 5) is 13.6. The Morgan fingerprint density at radius 1 is 1.13 bits per heavy atom. The van der Waals surface area contributed by atoms with E-state index >= 15 is 0 Å². The molecule has 1 amide bonds. The van der Waals surface area contributed by atoms with Crippen LogP contribution < -0.4 is 14.8 Å². The minimum absolute atomic E-state index is 0.130. The maximum absolute atomic E-state index is 13.2. The van der Waals surface area contributed by atoms with Gasteiger partial charge in [-0.1, -0.05) is 24.3 Å². The van der Waals surface area contributed by atoms with E-state index in [4.69, 9.17) is 9.47 Å². The predicted octanol–water partition coefficient (Wildman–Crippen LogP) is 4.46. The van der Waals surface area contributed by atoms with Crippen molar-refractivity contribution in [2.75, 3.05) is 19.0 Å². The van der Waals surface area contributed by atoms with Gasteiger partial charge in [-0.2, -0.15) is 0 Å². The van der Waals surface area contributed by atoms with Crippen molar-refractivity contribution in [1.82, 2.24) is 0 Å². The maximum Gasteiger partial charge on any atom is 0.225 e. The van der Waals surface area contributed by atoms with E-state index in [9.17, 15) is 13.2 Å². The first-order valence-corrected chi connectivity index (χ1v) is 11.8. The van der Waals surface area contributed by atoms with Gasteiger partial charge < -0.3 is 14.8 Å². The molecule has 0 spiro atoms. The molecule has 3 aromatic rings. The van der Waals surface area contributed by atoms with Crippen LogP contribution in [0.2, 0.25) is 0 Å². The Morgan fingerprint density at radius 2 is 1.90 bits per heavy atom. The summed E-state index contributed by atoms with van der Waals surface area (Å²) in [5.74, 6) is 0.728. The lowest BCUT2D eigenvalue weighted by molar-refractivity contribution is -0.116. The molecule has 2 aromatic carbocycles. The van der Waals surface area contributed by atoms with Crippen molar-refractivity contribution in [2.45, 2.75) is 29.1 Å². The second kappa shape index (κ2) is 8.12. The second-order valence-corrected chi connectivity index (χ2v) is 9.63. The lowest BCUT2D eigenvalue weighted by atomic mass is 9.90. The zero-order valence-electron chi connectivity index (χ0n) is 16.5. The number of carbonyl (C=O) groups is 1. The van der Waals surface area contributed by atoms with Crippen LogP contribution in [0.15, 0.2) is 63.7 Å². The number of amides is 1. The normalized spacial score (nSPS) is 15.9. The van der Waals surface area contributed by atoms with Crippen LogP contribution in [0.1, 0.15) is 29.7 Å². The van der Waals surface area contributed by atoms with Crippen molar-refractivity contribution < 1.29 is 22.7 Å². The number of fused-ring (bicyclic) bond motifs is 1. The fourth-order valence-corrected chi connectivity index (χ4v) is 6.51. The number of anilines is 1. The maximum atomic E-state index is 13.2. The Kier molecular flexibility index (Phi) is 5.53. The van der Waals surface area contributed by atoms with E-state index in [2.05, 4.69) is 5.32 Å². The molecule has 6 nitrogen and oxygen atoms in total. The number of sulfone groups is 1. The van der Waals surface area contributed by atoms with Gasteiger partial charge in [0.15, 0.2) is 11.5 Å². The molecule has 8 heteroatoms. The highest BCUT2D eigenvalue weighted by Gasteiger charge is 2.34. The minimum Gasteiger partial charge on any atom is -0.493 e. The van der Waals surface area contributed by atoms with Crippen molar-refractivity contribution in [3.05, 3.63) is 64.4 Å². The van der Waals surface area contributed by atoms with E-state index in [1.807, 2.05) is 25.1 Å². The molecule has 0 saturated heterocycles. The Morgan fingerprint density at radius 3 is 2.60 bits per heavy atom. The molecular weight excluding hydrogens is 422 g/mol. The molecule has 0 unspecified atom stereocenters. The zero-order valence-corrected chi connectivity index (χ0v) is 18.2. The monoisotopic (exact) mass is 443 g/mol. The summed E-state index contributed by atoms with van der Waals surface area (Å²) in [5.41, 5.74) is 1.25. The molecule has 0 aliphatic carbocycles. The van der Waals surface area contributed by atoms with Gasteiger partial charge in [-0.25, -0.2) is 8.42 Å². The number of hydrogen-bond acceptors (Lipinski definition) is 6. The van der Waals surface area contributed by atoms with E-state index in [0.29, 0.717) is 23.8 Å². The van der Waals surface area contributed by atoms with Gasteiger partial charge in [0.05, 0.1) is 24.3 Å². The van der Waals surface area contributed by atoms with E-state index < -0.39 is 9.84 Å².